The van der Waals surface area contributed by atoms with E-state index in [9.17, 15) is 4.79 Å². The SMILES string of the molecule is Cc1nnc2c(NCCCCNC(=O)C(N)C(C)C)nc3cc(N4CC(C)OC(C)C4)ccc3n12.Cl. The van der Waals surface area contributed by atoms with E-state index in [4.69, 9.17) is 15.5 Å². The third-order valence-corrected chi connectivity index (χ3v) is 6.47. The van der Waals surface area contributed by atoms with Gasteiger partial charge in [0.2, 0.25) is 11.6 Å². The first-order chi connectivity index (χ1) is 16.7. The van der Waals surface area contributed by atoms with Crippen molar-refractivity contribution < 1.29 is 9.53 Å². The van der Waals surface area contributed by atoms with Gasteiger partial charge in [0.05, 0.1) is 29.3 Å². The number of hydrogen-bond donors (Lipinski definition) is 3. The molecule has 4 rings (SSSR count). The van der Waals surface area contributed by atoms with Crippen LogP contribution in [0.1, 0.15) is 46.4 Å². The number of fused-ring (bicyclic) bond motifs is 3. The van der Waals surface area contributed by atoms with Crippen molar-refractivity contribution in [3.05, 3.63) is 24.0 Å². The number of unbranched alkanes of at least 4 members (excludes halogenated alkanes) is 1. The van der Waals surface area contributed by atoms with Crippen LogP contribution in [-0.4, -0.2) is 69.9 Å². The molecule has 0 radical (unpaired) electrons. The predicted octanol–water partition coefficient (Wildman–Crippen LogP) is 2.91. The molecule has 36 heavy (non-hydrogen) atoms. The number of halogens is 1. The van der Waals surface area contributed by atoms with Gasteiger partial charge in [0.15, 0.2) is 5.82 Å². The predicted molar refractivity (Wildman–Crippen MR) is 146 cm³/mol. The maximum atomic E-state index is 12.0. The third-order valence-electron chi connectivity index (χ3n) is 6.47. The monoisotopic (exact) mass is 518 g/mol. The zero-order chi connectivity index (χ0) is 25.1. The van der Waals surface area contributed by atoms with E-state index < -0.39 is 6.04 Å². The number of hydrogen-bond acceptors (Lipinski definition) is 8. The molecule has 3 aromatic rings. The molecule has 11 heteroatoms. The summed E-state index contributed by atoms with van der Waals surface area (Å²) in [4.78, 5) is 19.3. The lowest BCUT2D eigenvalue weighted by Crippen LogP contribution is -2.45. The Morgan fingerprint density at radius 1 is 1.17 bits per heavy atom. The number of anilines is 2. The Morgan fingerprint density at radius 2 is 1.86 bits per heavy atom. The van der Waals surface area contributed by atoms with Crippen molar-refractivity contribution in [1.82, 2.24) is 24.9 Å². The molecule has 1 amide bonds. The Bertz CT molecular complexity index is 1170. The first-order valence-corrected chi connectivity index (χ1v) is 12.6. The van der Waals surface area contributed by atoms with E-state index in [1.54, 1.807) is 0 Å². The molecular formula is C25H39ClN8O2. The summed E-state index contributed by atoms with van der Waals surface area (Å²) in [5.74, 6) is 1.57. The number of nitrogens with two attached hydrogens (primary N) is 1. The van der Waals surface area contributed by atoms with Gasteiger partial charge < -0.3 is 26.0 Å². The van der Waals surface area contributed by atoms with Crippen LogP contribution in [0.3, 0.4) is 0 Å². The molecule has 198 valence electrons. The fourth-order valence-corrected chi connectivity index (χ4v) is 4.56. The third kappa shape index (κ3) is 6.16. The zero-order valence-electron chi connectivity index (χ0n) is 21.8. The highest BCUT2D eigenvalue weighted by atomic mass is 35.5. The fourth-order valence-electron chi connectivity index (χ4n) is 4.56. The largest absolute Gasteiger partial charge is 0.372 e. The van der Waals surface area contributed by atoms with Crippen molar-refractivity contribution in [2.45, 2.75) is 65.7 Å². The molecule has 1 aliphatic rings. The van der Waals surface area contributed by atoms with Gasteiger partial charge in [-0.25, -0.2) is 4.98 Å². The van der Waals surface area contributed by atoms with Crippen molar-refractivity contribution in [1.29, 1.82) is 0 Å². The summed E-state index contributed by atoms with van der Waals surface area (Å²) in [5.41, 5.74) is 9.62. The molecule has 3 unspecified atom stereocenters. The van der Waals surface area contributed by atoms with Crippen LogP contribution in [0.25, 0.3) is 16.7 Å². The number of carbonyl (C=O) groups is 1. The molecule has 10 nitrogen and oxygen atoms in total. The summed E-state index contributed by atoms with van der Waals surface area (Å²) >= 11 is 0. The first-order valence-electron chi connectivity index (χ1n) is 12.6. The average molecular weight is 519 g/mol. The normalized spacial score (nSPS) is 18.9. The molecule has 3 atom stereocenters. The van der Waals surface area contributed by atoms with E-state index >= 15 is 0 Å². The minimum Gasteiger partial charge on any atom is -0.372 e. The van der Waals surface area contributed by atoms with Crippen LogP contribution in [0, 0.1) is 12.8 Å². The van der Waals surface area contributed by atoms with E-state index in [0.29, 0.717) is 24.6 Å². The van der Waals surface area contributed by atoms with Gasteiger partial charge >= 0.3 is 0 Å². The second-order valence-corrected chi connectivity index (χ2v) is 9.90. The van der Waals surface area contributed by atoms with Gasteiger partial charge in [0.1, 0.15) is 5.82 Å². The quantitative estimate of drug-likeness (QED) is 0.369. The zero-order valence-corrected chi connectivity index (χ0v) is 22.6. The molecule has 1 saturated heterocycles. The van der Waals surface area contributed by atoms with Crippen LogP contribution >= 0.6 is 12.4 Å². The van der Waals surface area contributed by atoms with E-state index in [0.717, 1.165) is 48.5 Å². The Morgan fingerprint density at radius 3 is 2.56 bits per heavy atom. The lowest BCUT2D eigenvalue weighted by atomic mass is 10.1. The van der Waals surface area contributed by atoms with Crippen LogP contribution in [0.15, 0.2) is 18.2 Å². The number of nitrogens with zero attached hydrogens (tertiary/aromatic N) is 5. The Hall–Kier alpha value is -2.69. The molecule has 1 aromatic carbocycles. The summed E-state index contributed by atoms with van der Waals surface area (Å²) in [6, 6.07) is 5.91. The topological polar surface area (TPSA) is 123 Å². The minimum absolute atomic E-state index is 0. The molecular weight excluding hydrogens is 480 g/mol. The number of aryl methyl sites for hydroxylation is 1. The lowest BCUT2D eigenvalue weighted by molar-refractivity contribution is -0.123. The van der Waals surface area contributed by atoms with Crippen LogP contribution in [0.5, 0.6) is 0 Å². The molecule has 0 spiro atoms. The highest BCUT2D eigenvalue weighted by Crippen LogP contribution is 2.27. The number of morpholine rings is 1. The highest BCUT2D eigenvalue weighted by molar-refractivity contribution is 5.86. The van der Waals surface area contributed by atoms with Crippen molar-refractivity contribution >= 4 is 46.5 Å². The maximum absolute atomic E-state index is 12.0. The van der Waals surface area contributed by atoms with Crippen LogP contribution in [0.2, 0.25) is 0 Å². The lowest BCUT2D eigenvalue weighted by Gasteiger charge is -2.36. The Labute approximate surface area is 218 Å². The summed E-state index contributed by atoms with van der Waals surface area (Å²) in [5, 5.41) is 15.0. The van der Waals surface area contributed by atoms with E-state index in [1.807, 2.05) is 25.2 Å². The summed E-state index contributed by atoms with van der Waals surface area (Å²) in [6.07, 6.45) is 2.09. The fraction of sp³-hybridized carbons (Fsp3) is 0.600. The molecule has 0 aliphatic carbocycles. The van der Waals surface area contributed by atoms with Gasteiger partial charge in [0, 0.05) is 31.9 Å². The smallest absolute Gasteiger partial charge is 0.237 e. The van der Waals surface area contributed by atoms with Gasteiger partial charge in [-0.3, -0.25) is 9.20 Å². The van der Waals surface area contributed by atoms with Gasteiger partial charge in [-0.15, -0.1) is 22.6 Å². The molecule has 3 heterocycles. The van der Waals surface area contributed by atoms with E-state index in [-0.39, 0.29) is 36.4 Å². The second kappa shape index (κ2) is 12.0. The maximum Gasteiger partial charge on any atom is 0.237 e. The standard InChI is InChI=1S/C25H38N8O2.ClH/c1-15(2)22(26)25(34)28-11-7-6-10-27-23-24-31-30-18(5)33(24)21-9-8-19(12-20(21)29-23)32-13-16(3)35-17(4)14-32;/h8-9,12,15-17,22H,6-7,10-11,13-14,26H2,1-5H3,(H,27,29)(H,28,34);1H. The van der Waals surface area contributed by atoms with Gasteiger partial charge in [-0.05, 0) is 57.7 Å². The van der Waals surface area contributed by atoms with Crippen LogP contribution < -0.4 is 21.3 Å². The molecule has 4 N–H and O–H groups in total. The number of amides is 1. The molecule has 0 saturated carbocycles. The van der Waals surface area contributed by atoms with Crippen molar-refractivity contribution in [2.75, 3.05) is 36.4 Å². The number of rotatable bonds is 9. The van der Waals surface area contributed by atoms with Crippen LogP contribution in [0.4, 0.5) is 11.5 Å². The Kier molecular flexibility index (Phi) is 9.32. The van der Waals surface area contributed by atoms with Crippen molar-refractivity contribution in [2.24, 2.45) is 11.7 Å². The Balaban J connectivity index is 0.00000361. The van der Waals surface area contributed by atoms with Gasteiger partial charge in [-0.2, -0.15) is 0 Å². The van der Waals surface area contributed by atoms with Gasteiger partial charge in [-0.1, -0.05) is 13.8 Å². The number of aromatic nitrogens is 4. The first kappa shape index (κ1) is 27.9. The van der Waals surface area contributed by atoms with E-state index in [1.165, 1.54) is 0 Å². The number of carbonyl (C=O) groups excluding carboxylic acids is 1. The average Bonchev–Trinajstić information content (AvgIpc) is 3.21. The van der Waals surface area contributed by atoms with Gasteiger partial charge in [0.25, 0.3) is 0 Å². The molecule has 1 aliphatic heterocycles. The number of benzene rings is 1. The summed E-state index contributed by atoms with van der Waals surface area (Å²) in [6.45, 7) is 13.1. The number of ether oxygens (including phenoxy) is 1. The molecule has 1 fully saturated rings. The number of nitrogens with one attached hydrogen (secondary N) is 2. The molecule has 2 aromatic heterocycles. The van der Waals surface area contributed by atoms with Crippen molar-refractivity contribution in [3.63, 3.8) is 0 Å². The summed E-state index contributed by atoms with van der Waals surface area (Å²) in [7, 11) is 0. The second-order valence-electron chi connectivity index (χ2n) is 9.90. The van der Waals surface area contributed by atoms with Crippen molar-refractivity contribution in [3.8, 4) is 0 Å². The van der Waals surface area contributed by atoms with E-state index in [2.05, 4.69) is 57.8 Å². The highest BCUT2D eigenvalue weighted by Gasteiger charge is 2.23. The molecule has 0 bridgehead atoms. The minimum atomic E-state index is -0.465. The summed E-state index contributed by atoms with van der Waals surface area (Å²) < 4.78 is 7.95. The van der Waals surface area contributed by atoms with Crippen LogP contribution in [-0.2, 0) is 9.53 Å².